The van der Waals surface area contributed by atoms with Crippen LogP contribution in [-0.4, -0.2) is 10.8 Å². The van der Waals surface area contributed by atoms with E-state index in [1.807, 2.05) is 55.5 Å². The minimum atomic E-state index is 0.0605. The maximum absolute atomic E-state index is 11.9. The lowest BCUT2D eigenvalue weighted by molar-refractivity contribution is 0.101. The van der Waals surface area contributed by atoms with E-state index in [-0.39, 0.29) is 5.78 Å². The van der Waals surface area contributed by atoms with Crippen LogP contribution in [0.25, 0.3) is 28.2 Å². The fraction of sp³-hybridized carbons (Fsp3) is 0.100. The molecule has 3 rings (SSSR count). The predicted molar refractivity (Wildman–Crippen MR) is 91.9 cm³/mol. The summed E-state index contributed by atoms with van der Waals surface area (Å²) in [7, 11) is 0. The molecule has 0 radical (unpaired) electrons. The van der Waals surface area contributed by atoms with Crippen LogP contribution in [0.5, 0.6) is 0 Å². The number of hydrogen-bond donors (Lipinski definition) is 0. The molecule has 0 spiro atoms. The van der Waals surface area contributed by atoms with Crippen molar-refractivity contribution in [3.8, 4) is 11.3 Å². The van der Waals surface area contributed by atoms with Gasteiger partial charge in [0.15, 0.2) is 5.78 Å². The molecule has 0 N–H and O–H groups in total. The molecule has 0 saturated carbocycles. The van der Waals surface area contributed by atoms with Crippen LogP contribution in [0.15, 0.2) is 60.7 Å². The van der Waals surface area contributed by atoms with Gasteiger partial charge in [-0.05, 0) is 31.5 Å². The van der Waals surface area contributed by atoms with E-state index in [9.17, 15) is 4.79 Å². The smallest absolute Gasteiger partial charge is 0.160 e. The monoisotopic (exact) mass is 287 g/mol. The predicted octanol–water partition coefficient (Wildman–Crippen LogP) is 5.14. The largest absolute Gasteiger partial charge is 0.294 e. The molecule has 0 aliphatic carbocycles. The van der Waals surface area contributed by atoms with Gasteiger partial charge < -0.3 is 0 Å². The summed E-state index contributed by atoms with van der Waals surface area (Å²) in [6.45, 7) is 3.60. The second-order valence-electron chi connectivity index (χ2n) is 5.25. The van der Waals surface area contributed by atoms with E-state index in [2.05, 4.69) is 18.2 Å². The van der Waals surface area contributed by atoms with Gasteiger partial charge in [0.25, 0.3) is 0 Å². The van der Waals surface area contributed by atoms with Crippen molar-refractivity contribution in [3.63, 3.8) is 0 Å². The van der Waals surface area contributed by atoms with Gasteiger partial charge in [0.2, 0.25) is 0 Å². The van der Waals surface area contributed by atoms with Crippen molar-refractivity contribution in [1.82, 2.24) is 4.98 Å². The zero-order valence-corrected chi connectivity index (χ0v) is 12.7. The molecule has 2 heteroatoms. The average molecular weight is 287 g/mol. The maximum Gasteiger partial charge on any atom is 0.160 e. The highest BCUT2D eigenvalue weighted by atomic mass is 16.1. The van der Waals surface area contributed by atoms with E-state index in [0.29, 0.717) is 0 Å². The minimum absolute atomic E-state index is 0.0605. The van der Waals surface area contributed by atoms with Crippen molar-refractivity contribution in [3.05, 3.63) is 71.8 Å². The van der Waals surface area contributed by atoms with Crippen LogP contribution in [-0.2, 0) is 0 Å². The Kier molecular flexibility index (Phi) is 3.84. The molecule has 0 bridgehead atoms. The van der Waals surface area contributed by atoms with Gasteiger partial charge in [-0.3, -0.25) is 4.79 Å². The van der Waals surface area contributed by atoms with E-state index in [4.69, 9.17) is 4.98 Å². The molecule has 0 saturated heterocycles. The molecular weight excluding hydrogens is 270 g/mol. The summed E-state index contributed by atoms with van der Waals surface area (Å²) in [5, 5.41) is 0.907. The SMILES string of the molecule is C/C=C\c1ccc(-c2cc(C(C)=O)c3ccccc3n2)cc1. The number of nitrogens with zero attached hydrogens (tertiary/aromatic N) is 1. The summed E-state index contributed by atoms with van der Waals surface area (Å²) in [5.74, 6) is 0.0605. The Labute approximate surface area is 130 Å². The molecule has 2 aromatic carbocycles. The lowest BCUT2D eigenvalue weighted by Crippen LogP contribution is -1.97. The molecule has 3 aromatic rings. The molecule has 22 heavy (non-hydrogen) atoms. The van der Waals surface area contributed by atoms with Gasteiger partial charge in [-0.25, -0.2) is 4.98 Å². The Balaban J connectivity index is 2.16. The van der Waals surface area contributed by atoms with E-state index in [1.54, 1.807) is 6.92 Å². The van der Waals surface area contributed by atoms with Crippen molar-refractivity contribution in [2.45, 2.75) is 13.8 Å². The molecule has 0 aliphatic rings. The lowest BCUT2D eigenvalue weighted by Gasteiger charge is -2.08. The molecule has 2 nitrogen and oxygen atoms in total. The summed E-state index contributed by atoms with van der Waals surface area (Å²) in [5.41, 5.74) is 4.57. The molecule has 1 aromatic heterocycles. The third-order valence-corrected chi connectivity index (χ3v) is 3.66. The van der Waals surface area contributed by atoms with E-state index in [1.165, 1.54) is 0 Å². The number of aromatic nitrogens is 1. The van der Waals surface area contributed by atoms with Crippen LogP contribution in [0.1, 0.15) is 29.8 Å². The van der Waals surface area contributed by atoms with Crippen LogP contribution in [0.2, 0.25) is 0 Å². The van der Waals surface area contributed by atoms with Gasteiger partial charge in [0.1, 0.15) is 0 Å². The Bertz CT molecular complexity index is 861. The van der Waals surface area contributed by atoms with E-state index >= 15 is 0 Å². The molecular formula is C20H17NO. The Hall–Kier alpha value is -2.74. The summed E-state index contributed by atoms with van der Waals surface area (Å²) >= 11 is 0. The standard InChI is InChI=1S/C20H17NO/c1-3-6-15-9-11-16(12-10-15)20-13-18(14(2)22)17-7-4-5-8-19(17)21-20/h3-13H,1-2H3/b6-3-. The third-order valence-electron chi connectivity index (χ3n) is 3.66. The number of carbonyl (C=O) groups excluding carboxylic acids is 1. The molecule has 0 amide bonds. The number of allylic oxidation sites excluding steroid dienone is 1. The van der Waals surface area contributed by atoms with Crippen molar-refractivity contribution < 1.29 is 4.79 Å². The van der Waals surface area contributed by atoms with Crippen LogP contribution < -0.4 is 0 Å². The zero-order chi connectivity index (χ0) is 15.5. The first-order chi connectivity index (χ1) is 10.7. The first kappa shape index (κ1) is 14.2. The molecule has 108 valence electrons. The van der Waals surface area contributed by atoms with Crippen molar-refractivity contribution >= 4 is 22.8 Å². The van der Waals surface area contributed by atoms with Gasteiger partial charge in [-0.15, -0.1) is 0 Å². The van der Waals surface area contributed by atoms with Crippen LogP contribution in [0.3, 0.4) is 0 Å². The summed E-state index contributed by atoms with van der Waals surface area (Å²) < 4.78 is 0. The molecule has 0 aliphatic heterocycles. The minimum Gasteiger partial charge on any atom is -0.294 e. The summed E-state index contributed by atoms with van der Waals surface area (Å²) in [6.07, 6.45) is 4.07. The zero-order valence-electron chi connectivity index (χ0n) is 12.7. The number of benzene rings is 2. The summed E-state index contributed by atoms with van der Waals surface area (Å²) in [4.78, 5) is 16.6. The third kappa shape index (κ3) is 2.68. The fourth-order valence-corrected chi connectivity index (χ4v) is 2.57. The first-order valence-electron chi connectivity index (χ1n) is 7.33. The molecule has 0 atom stereocenters. The quantitative estimate of drug-likeness (QED) is 0.624. The number of Topliss-reactive ketones (excluding diaryl/α,β-unsaturated/α-hetero) is 1. The van der Waals surface area contributed by atoms with Gasteiger partial charge in [-0.2, -0.15) is 0 Å². The van der Waals surface area contributed by atoms with E-state index < -0.39 is 0 Å². The van der Waals surface area contributed by atoms with Crippen molar-refractivity contribution in [2.75, 3.05) is 0 Å². The topological polar surface area (TPSA) is 30.0 Å². The van der Waals surface area contributed by atoms with Crippen LogP contribution in [0.4, 0.5) is 0 Å². The number of carbonyl (C=O) groups is 1. The summed E-state index contributed by atoms with van der Waals surface area (Å²) in [6, 6.07) is 17.8. The Morgan fingerprint density at radius 2 is 1.77 bits per heavy atom. The molecule has 0 unspecified atom stereocenters. The Morgan fingerprint density at radius 3 is 2.45 bits per heavy atom. The highest BCUT2D eigenvalue weighted by Gasteiger charge is 2.10. The van der Waals surface area contributed by atoms with Gasteiger partial charge in [0, 0.05) is 16.5 Å². The van der Waals surface area contributed by atoms with Gasteiger partial charge in [0.05, 0.1) is 11.2 Å². The van der Waals surface area contributed by atoms with E-state index in [0.717, 1.165) is 33.3 Å². The molecule has 1 heterocycles. The Morgan fingerprint density at radius 1 is 1.05 bits per heavy atom. The number of fused-ring (bicyclic) bond motifs is 1. The normalized spacial score (nSPS) is 11.2. The number of ketones is 1. The van der Waals surface area contributed by atoms with Gasteiger partial charge >= 0.3 is 0 Å². The van der Waals surface area contributed by atoms with Crippen molar-refractivity contribution in [1.29, 1.82) is 0 Å². The number of para-hydroxylation sites is 1. The second kappa shape index (κ2) is 5.94. The highest BCUT2D eigenvalue weighted by molar-refractivity contribution is 6.07. The fourth-order valence-electron chi connectivity index (χ4n) is 2.57. The second-order valence-corrected chi connectivity index (χ2v) is 5.25. The molecule has 0 fully saturated rings. The van der Waals surface area contributed by atoms with Crippen LogP contribution >= 0.6 is 0 Å². The maximum atomic E-state index is 11.9. The first-order valence-corrected chi connectivity index (χ1v) is 7.33. The highest BCUT2D eigenvalue weighted by Crippen LogP contribution is 2.25. The number of pyridine rings is 1. The lowest BCUT2D eigenvalue weighted by atomic mass is 10.0. The number of rotatable bonds is 3. The van der Waals surface area contributed by atoms with Crippen molar-refractivity contribution in [2.24, 2.45) is 0 Å². The number of hydrogen-bond acceptors (Lipinski definition) is 2. The van der Waals surface area contributed by atoms with Crippen LogP contribution in [0, 0.1) is 0 Å². The van der Waals surface area contributed by atoms with Gasteiger partial charge in [-0.1, -0.05) is 54.6 Å². The average Bonchev–Trinajstić information content (AvgIpc) is 2.54.